The first-order valence-corrected chi connectivity index (χ1v) is 9.09. The molecule has 0 aromatic heterocycles. The van der Waals surface area contributed by atoms with Gasteiger partial charge in [-0.25, -0.2) is 0 Å². The molecule has 0 saturated heterocycles. The van der Waals surface area contributed by atoms with Crippen LogP contribution in [0.25, 0.3) is 0 Å². The number of nitrogens with one attached hydrogen (secondary N) is 3. The number of benzene rings is 2. The minimum Gasteiger partial charge on any atom is -0.530 e. The summed E-state index contributed by atoms with van der Waals surface area (Å²) in [6.45, 7) is 1.16. The highest BCUT2D eigenvalue weighted by atomic mass is 16.5. The lowest BCUT2D eigenvalue weighted by molar-refractivity contribution is -0.250. The van der Waals surface area contributed by atoms with E-state index in [2.05, 4.69) is 30.9 Å². The van der Waals surface area contributed by atoms with Crippen LogP contribution in [0.1, 0.15) is 16.8 Å². The van der Waals surface area contributed by atoms with Crippen LogP contribution in [0.3, 0.4) is 0 Å². The zero-order chi connectivity index (χ0) is 21.6. The third-order valence-electron chi connectivity index (χ3n) is 3.67. The molecule has 30 heavy (non-hydrogen) atoms. The number of hydrogen-bond donors (Lipinski definition) is 3. The highest BCUT2D eigenvalue weighted by Crippen LogP contribution is 2.21. The van der Waals surface area contributed by atoms with Crippen LogP contribution < -0.4 is 25.4 Å². The van der Waals surface area contributed by atoms with Gasteiger partial charge in [0.1, 0.15) is 29.0 Å². The maximum atomic E-state index is 12.0. The first kappa shape index (κ1) is 22.2. The topological polar surface area (TPSA) is 166 Å². The van der Waals surface area contributed by atoms with Gasteiger partial charge in [0.15, 0.2) is 0 Å². The molecule has 2 aromatic carbocycles. The summed E-state index contributed by atoms with van der Waals surface area (Å²) < 4.78 is 5.54. The van der Waals surface area contributed by atoms with E-state index in [0.29, 0.717) is 42.3 Å². The van der Waals surface area contributed by atoms with Crippen LogP contribution in [0, 0.1) is 5.53 Å². The summed E-state index contributed by atoms with van der Waals surface area (Å²) in [5, 5.41) is 26.7. The van der Waals surface area contributed by atoms with E-state index in [-0.39, 0.29) is 19.0 Å². The lowest BCUT2D eigenvalue weighted by Gasteiger charge is -2.08. The number of carbonyl (C=O) groups excluding carboxylic acids is 2. The zero-order valence-electron chi connectivity index (χ0n) is 16.1. The van der Waals surface area contributed by atoms with E-state index in [4.69, 9.17) is 10.3 Å². The average molecular weight is 411 g/mol. The number of hydrogen-bond acceptors (Lipinski definition) is 8. The van der Waals surface area contributed by atoms with Gasteiger partial charge in [-0.1, -0.05) is 0 Å². The number of ether oxygens (including phenoxy) is 1. The van der Waals surface area contributed by atoms with Crippen LogP contribution >= 0.6 is 0 Å². The quantitative estimate of drug-likeness (QED) is 0.293. The first-order chi connectivity index (χ1) is 14.6. The Bertz CT molecular complexity index is 907. The second kappa shape index (κ2) is 12.4. The summed E-state index contributed by atoms with van der Waals surface area (Å²) in [7, 11) is 0. The number of amides is 2. The summed E-state index contributed by atoms with van der Waals surface area (Å²) in [5.74, 6) is 0.374. The van der Waals surface area contributed by atoms with Gasteiger partial charge in [-0.2, -0.15) is 10.2 Å². The van der Waals surface area contributed by atoms with Gasteiger partial charge in [0.2, 0.25) is 4.91 Å². The van der Waals surface area contributed by atoms with E-state index in [1.54, 1.807) is 48.5 Å². The van der Waals surface area contributed by atoms with Crippen LogP contribution in [-0.2, 0) is 0 Å². The predicted molar refractivity (Wildman–Crippen MR) is 105 cm³/mol. The smallest absolute Gasteiger partial charge is 0.251 e. The second-order valence-electron chi connectivity index (χ2n) is 5.88. The SMILES string of the molecule is N=[N+]=NCCCOc1ccc(N=Nc2ccc(C(=O)NCCNC(=O)[O-])cc2)cc1. The average Bonchev–Trinajstić information content (AvgIpc) is 2.76. The third kappa shape index (κ3) is 8.28. The molecule has 2 rings (SSSR count). The fourth-order valence-corrected chi connectivity index (χ4v) is 2.22. The van der Waals surface area contributed by atoms with E-state index < -0.39 is 6.09 Å². The molecule has 0 radical (unpaired) electrons. The summed E-state index contributed by atoms with van der Waals surface area (Å²) in [6, 6.07) is 13.6. The number of azo groups is 1. The number of carboxylic acid groups (broad SMARTS) is 1. The lowest BCUT2D eigenvalue weighted by Crippen LogP contribution is -2.41. The molecule has 0 heterocycles. The standard InChI is InChI=1S/C19H21N7O4/c20-26-23-10-1-13-30-17-8-6-16(7-9-17)25-24-15-4-2-14(3-5-15)18(27)21-11-12-22-19(28)29/h2-9,20,22H,1,10-13H2,(H-,21,27,28,29). The van der Waals surface area contributed by atoms with Crippen molar-refractivity contribution in [2.45, 2.75) is 6.42 Å². The summed E-state index contributed by atoms with van der Waals surface area (Å²) in [4.78, 5) is 25.1. The first-order valence-electron chi connectivity index (χ1n) is 9.09. The Hall–Kier alpha value is -4.11. The van der Waals surface area contributed by atoms with Crippen molar-refractivity contribution in [1.29, 1.82) is 5.53 Å². The van der Waals surface area contributed by atoms with Crippen LogP contribution in [-0.4, -0.2) is 38.2 Å². The molecular weight excluding hydrogens is 390 g/mol. The summed E-state index contributed by atoms with van der Waals surface area (Å²) >= 11 is 0. The van der Waals surface area contributed by atoms with Crippen molar-refractivity contribution in [1.82, 2.24) is 15.5 Å². The molecule has 3 N–H and O–H groups in total. The second-order valence-corrected chi connectivity index (χ2v) is 5.88. The normalized spacial score (nSPS) is 10.3. The van der Waals surface area contributed by atoms with Crippen LogP contribution in [0.15, 0.2) is 63.9 Å². The van der Waals surface area contributed by atoms with Gasteiger partial charge in [-0.05, 0) is 48.5 Å². The van der Waals surface area contributed by atoms with Crippen molar-refractivity contribution < 1.29 is 19.4 Å². The van der Waals surface area contributed by atoms with Gasteiger partial charge in [-0.15, -0.1) is 0 Å². The zero-order valence-corrected chi connectivity index (χ0v) is 16.1. The molecule has 0 aliphatic carbocycles. The fraction of sp³-hybridized carbons (Fsp3) is 0.263. The van der Waals surface area contributed by atoms with Crippen molar-refractivity contribution in [3.05, 3.63) is 54.1 Å². The molecular formula is C19H21N7O4. The van der Waals surface area contributed by atoms with Crippen molar-refractivity contribution in [3.8, 4) is 5.75 Å². The number of rotatable bonds is 11. The maximum absolute atomic E-state index is 12.0. The number of carbonyl (C=O) groups is 2. The van der Waals surface area contributed by atoms with Crippen LogP contribution in [0.4, 0.5) is 16.2 Å². The van der Waals surface area contributed by atoms with Gasteiger partial charge in [-0.3, -0.25) is 4.79 Å². The van der Waals surface area contributed by atoms with Crippen molar-refractivity contribution >= 4 is 23.4 Å². The molecule has 0 aliphatic heterocycles. The molecule has 2 amide bonds. The molecule has 0 atom stereocenters. The maximum Gasteiger partial charge on any atom is 0.251 e. The largest absolute Gasteiger partial charge is 0.530 e. The predicted octanol–water partition coefficient (Wildman–Crippen LogP) is 2.08. The van der Waals surface area contributed by atoms with E-state index in [1.165, 1.54) is 0 Å². The lowest BCUT2D eigenvalue weighted by atomic mass is 10.2. The molecule has 0 fully saturated rings. The minimum absolute atomic E-state index is 0.0717. The summed E-state index contributed by atoms with van der Waals surface area (Å²) in [6.07, 6.45) is -0.709. The Morgan fingerprint density at radius 1 is 0.967 bits per heavy atom. The van der Waals surface area contributed by atoms with Gasteiger partial charge in [0.05, 0.1) is 18.0 Å². The van der Waals surface area contributed by atoms with Crippen LogP contribution in [0.2, 0.25) is 0 Å². The molecule has 156 valence electrons. The van der Waals surface area contributed by atoms with Gasteiger partial charge in [0.25, 0.3) is 5.91 Å². The van der Waals surface area contributed by atoms with E-state index in [9.17, 15) is 14.7 Å². The molecule has 11 nitrogen and oxygen atoms in total. The van der Waals surface area contributed by atoms with Crippen molar-refractivity contribution in [2.75, 3.05) is 26.2 Å². The highest BCUT2D eigenvalue weighted by molar-refractivity contribution is 5.94. The third-order valence-corrected chi connectivity index (χ3v) is 3.67. The van der Waals surface area contributed by atoms with Crippen molar-refractivity contribution in [3.63, 3.8) is 0 Å². The van der Waals surface area contributed by atoms with Gasteiger partial charge >= 0.3 is 0 Å². The Morgan fingerprint density at radius 2 is 1.57 bits per heavy atom. The molecule has 0 unspecified atom stereocenters. The fourth-order valence-electron chi connectivity index (χ4n) is 2.22. The van der Waals surface area contributed by atoms with E-state index >= 15 is 0 Å². The molecule has 0 aliphatic rings. The molecule has 0 saturated carbocycles. The molecule has 11 heteroatoms. The van der Waals surface area contributed by atoms with Crippen LogP contribution in [0.5, 0.6) is 5.75 Å². The van der Waals surface area contributed by atoms with Crippen molar-refractivity contribution in [2.24, 2.45) is 15.3 Å². The minimum atomic E-state index is -1.38. The monoisotopic (exact) mass is 411 g/mol. The van der Waals surface area contributed by atoms with E-state index in [1.807, 2.05) is 0 Å². The Balaban J connectivity index is 1.81. The van der Waals surface area contributed by atoms with E-state index in [0.717, 1.165) is 0 Å². The molecule has 0 spiro atoms. The van der Waals surface area contributed by atoms with Gasteiger partial charge in [0, 0.05) is 25.1 Å². The Morgan fingerprint density at radius 3 is 2.17 bits per heavy atom. The molecule has 2 aromatic rings. The molecule has 0 bridgehead atoms. The Kier molecular flexibility index (Phi) is 9.15. The van der Waals surface area contributed by atoms with Gasteiger partial charge < -0.3 is 25.3 Å². The number of nitrogens with zero attached hydrogens (tertiary/aromatic N) is 4. The highest BCUT2D eigenvalue weighted by Gasteiger charge is 2.04. The Labute approximate surface area is 172 Å². The summed E-state index contributed by atoms with van der Waals surface area (Å²) in [5.41, 5.74) is 8.21.